The van der Waals surface area contributed by atoms with Gasteiger partial charge in [0.25, 0.3) is 0 Å². The second-order valence-electron chi connectivity index (χ2n) is 6.26. The molecule has 1 amide bonds. The Morgan fingerprint density at radius 1 is 1.39 bits per heavy atom. The van der Waals surface area contributed by atoms with Crippen LogP contribution in [0.3, 0.4) is 0 Å². The molecule has 23 heavy (non-hydrogen) atoms. The van der Waals surface area contributed by atoms with Gasteiger partial charge in [0, 0.05) is 16.4 Å². The van der Waals surface area contributed by atoms with Crippen molar-refractivity contribution in [1.29, 1.82) is 0 Å². The maximum atomic E-state index is 12.6. The molecule has 2 atom stereocenters. The molecule has 1 aliphatic heterocycles. The van der Waals surface area contributed by atoms with Crippen LogP contribution in [-0.4, -0.2) is 23.0 Å². The molecule has 5 nitrogen and oxygen atoms in total. The molecule has 0 radical (unpaired) electrons. The minimum atomic E-state index is -0.577. The van der Waals surface area contributed by atoms with Gasteiger partial charge in [-0.2, -0.15) is 0 Å². The highest BCUT2D eigenvalue weighted by molar-refractivity contribution is 9.10. The van der Waals surface area contributed by atoms with Crippen LogP contribution in [0.15, 0.2) is 34.8 Å². The number of halogens is 1. The van der Waals surface area contributed by atoms with Crippen molar-refractivity contribution in [1.82, 2.24) is 21.2 Å². The number of carbonyl (C=O) groups is 1. The molecule has 2 aromatic rings. The lowest BCUT2D eigenvalue weighted by Crippen LogP contribution is -2.62. The van der Waals surface area contributed by atoms with Crippen LogP contribution in [0.5, 0.6) is 0 Å². The largest absolute Gasteiger partial charge is 0.346 e. The SMILES string of the molecule is C[C@@H](NC(=O)C1(C)CCCNN1)c1ccc2ccc(Br)cc2n1. The maximum Gasteiger partial charge on any atom is 0.241 e. The van der Waals surface area contributed by atoms with Crippen molar-refractivity contribution in [3.8, 4) is 0 Å². The predicted octanol–water partition coefficient (Wildman–Crippen LogP) is 2.82. The van der Waals surface area contributed by atoms with E-state index in [0.717, 1.165) is 40.5 Å². The molecule has 1 saturated heterocycles. The molecule has 1 aliphatic rings. The monoisotopic (exact) mass is 376 g/mol. The summed E-state index contributed by atoms with van der Waals surface area (Å²) in [6, 6.07) is 9.87. The smallest absolute Gasteiger partial charge is 0.241 e. The van der Waals surface area contributed by atoms with Crippen molar-refractivity contribution in [3.63, 3.8) is 0 Å². The zero-order valence-electron chi connectivity index (χ0n) is 13.3. The van der Waals surface area contributed by atoms with Crippen molar-refractivity contribution in [3.05, 3.63) is 40.5 Å². The molecule has 0 aliphatic carbocycles. The minimum absolute atomic E-state index is 0.00617. The number of aromatic nitrogens is 1. The number of fused-ring (bicyclic) bond motifs is 1. The van der Waals surface area contributed by atoms with Crippen molar-refractivity contribution in [2.24, 2.45) is 0 Å². The molecule has 3 N–H and O–H groups in total. The van der Waals surface area contributed by atoms with Gasteiger partial charge in [0.2, 0.25) is 5.91 Å². The third kappa shape index (κ3) is 3.54. The quantitative estimate of drug-likeness (QED) is 0.770. The number of amides is 1. The Kier molecular flexibility index (Phi) is 4.66. The molecule has 1 unspecified atom stereocenters. The summed E-state index contributed by atoms with van der Waals surface area (Å²) in [5.74, 6) is -0.00617. The number of nitrogens with zero attached hydrogens (tertiary/aromatic N) is 1. The fraction of sp³-hybridized carbons (Fsp3) is 0.412. The lowest BCUT2D eigenvalue weighted by Gasteiger charge is -2.34. The fourth-order valence-corrected chi connectivity index (χ4v) is 3.15. The van der Waals surface area contributed by atoms with Gasteiger partial charge in [-0.1, -0.05) is 28.1 Å². The highest BCUT2D eigenvalue weighted by Crippen LogP contribution is 2.22. The third-order valence-corrected chi connectivity index (χ3v) is 4.80. The second-order valence-corrected chi connectivity index (χ2v) is 7.17. The van der Waals surface area contributed by atoms with Gasteiger partial charge in [-0.3, -0.25) is 15.2 Å². The molecule has 1 fully saturated rings. The Morgan fingerprint density at radius 3 is 2.91 bits per heavy atom. The van der Waals surface area contributed by atoms with Gasteiger partial charge >= 0.3 is 0 Å². The summed E-state index contributed by atoms with van der Waals surface area (Å²) in [7, 11) is 0. The summed E-state index contributed by atoms with van der Waals surface area (Å²) in [5, 5.41) is 4.15. The van der Waals surface area contributed by atoms with Gasteiger partial charge in [0.1, 0.15) is 5.54 Å². The average Bonchev–Trinajstić information content (AvgIpc) is 2.54. The van der Waals surface area contributed by atoms with Crippen molar-refractivity contribution in [2.45, 2.75) is 38.3 Å². The predicted molar refractivity (Wildman–Crippen MR) is 94.8 cm³/mol. The third-order valence-electron chi connectivity index (χ3n) is 4.31. The first kappa shape index (κ1) is 16.4. The summed E-state index contributed by atoms with van der Waals surface area (Å²) >= 11 is 3.47. The van der Waals surface area contributed by atoms with Crippen LogP contribution >= 0.6 is 15.9 Å². The van der Waals surface area contributed by atoms with Crippen LogP contribution in [-0.2, 0) is 4.79 Å². The highest BCUT2D eigenvalue weighted by Gasteiger charge is 2.35. The molecular weight excluding hydrogens is 356 g/mol. The molecule has 2 heterocycles. The first-order chi connectivity index (χ1) is 11.0. The number of nitrogens with one attached hydrogen (secondary N) is 3. The van der Waals surface area contributed by atoms with E-state index in [1.54, 1.807) is 0 Å². The van der Waals surface area contributed by atoms with Crippen LogP contribution in [0.2, 0.25) is 0 Å². The fourth-order valence-electron chi connectivity index (χ4n) is 2.80. The van der Waals surface area contributed by atoms with Gasteiger partial charge in [-0.25, -0.2) is 5.43 Å². The average molecular weight is 377 g/mol. The highest BCUT2D eigenvalue weighted by atomic mass is 79.9. The maximum absolute atomic E-state index is 12.6. The Bertz CT molecular complexity index is 728. The molecule has 1 aromatic heterocycles. The second kappa shape index (κ2) is 6.55. The Morgan fingerprint density at radius 2 is 2.17 bits per heavy atom. The van der Waals surface area contributed by atoms with Crippen molar-refractivity contribution < 1.29 is 4.79 Å². The molecule has 0 bridgehead atoms. The zero-order chi connectivity index (χ0) is 16.4. The topological polar surface area (TPSA) is 66.1 Å². The first-order valence-electron chi connectivity index (χ1n) is 7.85. The molecular formula is C17H21BrN4O. The Labute approximate surface area is 144 Å². The summed E-state index contributed by atoms with van der Waals surface area (Å²) in [6.45, 7) is 4.77. The lowest BCUT2D eigenvalue weighted by atomic mass is 9.93. The van der Waals surface area contributed by atoms with Gasteiger partial charge < -0.3 is 5.32 Å². The molecule has 6 heteroatoms. The van der Waals surface area contributed by atoms with E-state index >= 15 is 0 Å². The van der Waals surface area contributed by atoms with E-state index in [4.69, 9.17) is 0 Å². The number of hydrazine groups is 1. The number of hydrogen-bond acceptors (Lipinski definition) is 4. The van der Waals surface area contributed by atoms with Crippen LogP contribution in [0.25, 0.3) is 10.9 Å². The standard InChI is InChI=1S/C17H21BrN4O/c1-11(20-16(23)17(2)8-3-9-19-22-17)14-7-5-12-4-6-13(18)10-15(12)21-14/h4-7,10-11,19,22H,3,8-9H2,1-2H3,(H,20,23)/t11-,17?/m1/s1. The molecule has 3 rings (SSSR count). The van der Waals surface area contributed by atoms with E-state index in [2.05, 4.69) is 37.1 Å². The first-order valence-corrected chi connectivity index (χ1v) is 8.64. The van der Waals surface area contributed by atoms with E-state index in [1.807, 2.05) is 44.2 Å². The van der Waals surface area contributed by atoms with Gasteiger partial charge in [0.15, 0.2) is 0 Å². The van der Waals surface area contributed by atoms with E-state index in [-0.39, 0.29) is 11.9 Å². The Hall–Kier alpha value is -1.50. The molecule has 0 spiro atoms. The van der Waals surface area contributed by atoms with Crippen molar-refractivity contribution in [2.75, 3.05) is 6.54 Å². The van der Waals surface area contributed by atoms with E-state index in [0.29, 0.717) is 0 Å². The van der Waals surface area contributed by atoms with Gasteiger partial charge in [-0.15, -0.1) is 0 Å². The summed E-state index contributed by atoms with van der Waals surface area (Å²) in [5.41, 5.74) is 7.37. The molecule has 1 aromatic carbocycles. The Balaban J connectivity index is 1.77. The summed E-state index contributed by atoms with van der Waals surface area (Å²) < 4.78 is 0.997. The van der Waals surface area contributed by atoms with Gasteiger partial charge in [0.05, 0.1) is 17.3 Å². The van der Waals surface area contributed by atoms with Crippen molar-refractivity contribution >= 4 is 32.7 Å². The zero-order valence-corrected chi connectivity index (χ0v) is 14.9. The number of pyridine rings is 1. The van der Waals surface area contributed by atoms with Gasteiger partial charge in [-0.05, 0) is 44.9 Å². The number of carbonyl (C=O) groups excluding carboxylic acids is 1. The van der Waals surface area contributed by atoms with E-state index in [1.165, 1.54) is 0 Å². The van der Waals surface area contributed by atoms with Crippen LogP contribution < -0.4 is 16.2 Å². The van der Waals surface area contributed by atoms with E-state index < -0.39 is 5.54 Å². The normalized spacial score (nSPS) is 22.7. The number of benzene rings is 1. The van der Waals surface area contributed by atoms with Crippen LogP contribution in [0.4, 0.5) is 0 Å². The number of rotatable bonds is 3. The van der Waals surface area contributed by atoms with Crippen LogP contribution in [0, 0.1) is 0 Å². The summed E-state index contributed by atoms with van der Waals surface area (Å²) in [6.07, 6.45) is 1.80. The molecule has 122 valence electrons. The lowest BCUT2D eigenvalue weighted by molar-refractivity contribution is -0.129. The number of hydrogen-bond donors (Lipinski definition) is 3. The molecule has 0 saturated carbocycles. The minimum Gasteiger partial charge on any atom is -0.346 e. The van der Waals surface area contributed by atoms with E-state index in [9.17, 15) is 4.79 Å². The van der Waals surface area contributed by atoms with Crippen LogP contribution in [0.1, 0.15) is 38.4 Å². The summed E-state index contributed by atoms with van der Waals surface area (Å²) in [4.78, 5) is 17.2.